The average Bonchev–Trinajstić information content (AvgIpc) is 2.46. The van der Waals surface area contributed by atoms with Crippen LogP contribution in [0.25, 0.3) is 0 Å². The van der Waals surface area contributed by atoms with E-state index in [0.29, 0.717) is 18.9 Å². The van der Waals surface area contributed by atoms with E-state index in [-0.39, 0.29) is 17.9 Å². The highest BCUT2D eigenvalue weighted by molar-refractivity contribution is 5.78. The molecule has 1 aromatic carbocycles. The number of amides is 1. The minimum absolute atomic E-state index is 0.00326. The standard InChI is InChI=1S/C20H33NO3/c1-7-24-18-10-8-17(9-11-18)14(2)12-16(4)21-19(22)15(3)13-20(5,6)23/h8-11,14-16,23H,7,12-13H2,1-6H3,(H,21,22). The number of carbonyl (C=O) groups is 1. The van der Waals surface area contributed by atoms with Gasteiger partial charge in [0.15, 0.2) is 0 Å². The number of nitrogens with one attached hydrogen (secondary N) is 1. The van der Waals surface area contributed by atoms with Crippen LogP contribution in [0.4, 0.5) is 0 Å². The van der Waals surface area contributed by atoms with Crippen molar-refractivity contribution in [1.29, 1.82) is 0 Å². The summed E-state index contributed by atoms with van der Waals surface area (Å²) in [5.41, 5.74) is 0.416. The number of rotatable bonds is 9. The molecule has 0 aliphatic heterocycles. The minimum atomic E-state index is -0.824. The van der Waals surface area contributed by atoms with Crippen molar-refractivity contribution in [3.63, 3.8) is 0 Å². The highest BCUT2D eigenvalue weighted by atomic mass is 16.5. The first-order valence-electron chi connectivity index (χ1n) is 8.88. The van der Waals surface area contributed by atoms with Crippen LogP contribution in [0, 0.1) is 5.92 Å². The fraction of sp³-hybridized carbons (Fsp3) is 0.650. The van der Waals surface area contributed by atoms with Crippen LogP contribution in [-0.4, -0.2) is 29.3 Å². The van der Waals surface area contributed by atoms with Crippen molar-refractivity contribution in [3.8, 4) is 5.75 Å². The van der Waals surface area contributed by atoms with E-state index in [1.807, 2.05) is 32.9 Å². The van der Waals surface area contributed by atoms with Gasteiger partial charge in [-0.1, -0.05) is 26.0 Å². The summed E-state index contributed by atoms with van der Waals surface area (Å²) in [5.74, 6) is 1.03. The van der Waals surface area contributed by atoms with E-state index >= 15 is 0 Å². The number of carbonyl (C=O) groups excluding carboxylic acids is 1. The summed E-state index contributed by atoms with van der Waals surface area (Å²) in [6.07, 6.45) is 1.33. The Morgan fingerprint density at radius 2 is 1.79 bits per heavy atom. The van der Waals surface area contributed by atoms with Gasteiger partial charge in [0.2, 0.25) is 5.91 Å². The number of hydrogen-bond donors (Lipinski definition) is 2. The highest BCUT2D eigenvalue weighted by Gasteiger charge is 2.23. The van der Waals surface area contributed by atoms with E-state index in [2.05, 4.69) is 24.4 Å². The molecule has 4 nitrogen and oxygen atoms in total. The number of aliphatic hydroxyl groups is 1. The molecule has 0 radical (unpaired) electrons. The lowest BCUT2D eigenvalue weighted by Crippen LogP contribution is -2.39. The van der Waals surface area contributed by atoms with Gasteiger partial charge < -0.3 is 15.2 Å². The van der Waals surface area contributed by atoms with E-state index in [9.17, 15) is 9.90 Å². The van der Waals surface area contributed by atoms with Crippen LogP contribution in [0.1, 0.15) is 65.9 Å². The van der Waals surface area contributed by atoms with Gasteiger partial charge in [0.1, 0.15) is 5.75 Å². The largest absolute Gasteiger partial charge is 0.494 e. The minimum Gasteiger partial charge on any atom is -0.494 e. The zero-order valence-corrected chi connectivity index (χ0v) is 15.9. The zero-order chi connectivity index (χ0) is 18.3. The fourth-order valence-electron chi connectivity index (χ4n) is 3.01. The average molecular weight is 335 g/mol. The van der Waals surface area contributed by atoms with Gasteiger partial charge in [0.25, 0.3) is 0 Å². The van der Waals surface area contributed by atoms with Gasteiger partial charge in [-0.15, -0.1) is 0 Å². The Bertz CT molecular complexity index is 505. The Kier molecular flexibility index (Phi) is 7.74. The van der Waals surface area contributed by atoms with E-state index < -0.39 is 5.60 Å². The number of benzene rings is 1. The monoisotopic (exact) mass is 335 g/mol. The van der Waals surface area contributed by atoms with Crippen LogP contribution in [0.15, 0.2) is 24.3 Å². The molecule has 3 atom stereocenters. The zero-order valence-electron chi connectivity index (χ0n) is 15.9. The normalized spacial score (nSPS) is 15.5. The summed E-state index contributed by atoms with van der Waals surface area (Å²) < 4.78 is 5.46. The predicted molar refractivity (Wildman–Crippen MR) is 98.3 cm³/mol. The lowest BCUT2D eigenvalue weighted by atomic mass is 9.92. The molecule has 0 heterocycles. The molecule has 1 amide bonds. The maximum atomic E-state index is 12.2. The van der Waals surface area contributed by atoms with Crippen molar-refractivity contribution in [1.82, 2.24) is 5.32 Å². The number of ether oxygens (including phenoxy) is 1. The van der Waals surface area contributed by atoms with Crippen LogP contribution >= 0.6 is 0 Å². The molecule has 4 heteroatoms. The lowest BCUT2D eigenvalue weighted by molar-refractivity contribution is -0.127. The Hall–Kier alpha value is -1.55. The molecule has 0 spiro atoms. The maximum Gasteiger partial charge on any atom is 0.223 e. The molecule has 1 rings (SSSR count). The summed E-state index contributed by atoms with van der Waals surface area (Å²) in [5, 5.41) is 12.9. The van der Waals surface area contributed by atoms with Gasteiger partial charge in [-0.3, -0.25) is 4.79 Å². The van der Waals surface area contributed by atoms with E-state index in [1.54, 1.807) is 13.8 Å². The van der Waals surface area contributed by atoms with Gasteiger partial charge in [0, 0.05) is 12.0 Å². The van der Waals surface area contributed by atoms with Gasteiger partial charge in [0.05, 0.1) is 12.2 Å². The molecule has 0 aliphatic carbocycles. The third kappa shape index (κ3) is 7.35. The molecule has 3 unspecified atom stereocenters. The quantitative estimate of drug-likeness (QED) is 0.720. The predicted octanol–water partition coefficient (Wildman–Crippen LogP) is 3.88. The molecular weight excluding hydrogens is 302 g/mol. The summed E-state index contributed by atoms with van der Waals surface area (Å²) >= 11 is 0. The summed E-state index contributed by atoms with van der Waals surface area (Å²) in [7, 11) is 0. The second-order valence-corrected chi connectivity index (χ2v) is 7.47. The third-order valence-corrected chi connectivity index (χ3v) is 4.11. The molecular formula is C20H33NO3. The van der Waals surface area contributed by atoms with Crippen LogP contribution in [0.5, 0.6) is 5.75 Å². The smallest absolute Gasteiger partial charge is 0.223 e. The Morgan fingerprint density at radius 3 is 2.29 bits per heavy atom. The summed E-state index contributed by atoms with van der Waals surface area (Å²) in [4.78, 5) is 12.2. The highest BCUT2D eigenvalue weighted by Crippen LogP contribution is 2.23. The second-order valence-electron chi connectivity index (χ2n) is 7.47. The molecule has 136 valence electrons. The molecule has 0 aromatic heterocycles. The van der Waals surface area contributed by atoms with Crippen molar-refractivity contribution in [2.45, 2.75) is 71.9 Å². The Labute approximate surface area is 146 Å². The third-order valence-electron chi connectivity index (χ3n) is 4.11. The molecule has 0 fully saturated rings. The first-order chi connectivity index (χ1) is 11.1. The molecule has 0 aliphatic rings. The van der Waals surface area contributed by atoms with E-state index in [4.69, 9.17) is 4.74 Å². The van der Waals surface area contributed by atoms with Gasteiger partial charge >= 0.3 is 0 Å². The molecule has 1 aromatic rings. The van der Waals surface area contributed by atoms with Crippen LogP contribution < -0.4 is 10.1 Å². The van der Waals surface area contributed by atoms with Gasteiger partial charge in [-0.25, -0.2) is 0 Å². The first kappa shape index (κ1) is 20.5. The van der Waals surface area contributed by atoms with E-state index in [0.717, 1.165) is 12.2 Å². The number of hydrogen-bond acceptors (Lipinski definition) is 3. The molecule has 24 heavy (non-hydrogen) atoms. The van der Waals surface area contributed by atoms with Gasteiger partial charge in [-0.2, -0.15) is 0 Å². The summed E-state index contributed by atoms with van der Waals surface area (Å²) in [6.45, 7) is 12.2. The SMILES string of the molecule is CCOc1ccc(C(C)CC(C)NC(=O)C(C)CC(C)(C)O)cc1. The van der Waals surface area contributed by atoms with Crippen molar-refractivity contribution in [2.24, 2.45) is 5.92 Å². The topological polar surface area (TPSA) is 58.6 Å². The summed E-state index contributed by atoms with van der Waals surface area (Å²) in [6, 6.07) is 8.24. The Balaban J connectivity index is 2.51. The molecule has 0 saturated heterocycles. The van der Waals surface area contributed by atoms with Crippen LogP contribution in [0.2, 0.25) is 0 Å². The van der Waals surface area contributed by atoms with Gasteiger partial charge in [-0.05, 0) is 64.2 Å². The molecule has 0 saturated carbocycles. The fourth-order valence-corrected chi connectivity index (χ4v) is 3.01. The van der Waals surface area contributed by atoms with Crippen LogP contribution in [-0.2, 0) is 4.79 Å². The molecule has 0 bridgehead atoms. The van der Waals surface area contributed by atoms with Crippen molar-refractivity contribution in [2.75, 3.05) is 6.61 Å². The van der Waals surface area contributed by atoms with E-state index in [1.165, 1.54) is 5.56 Å². The van der Waals surface area contributed by atoms with Crippen molar-refractivity contribution >= 4 is 5.91 Å². The lowest BCUT2D eigenvalue weighted by Gasteiger charge is -2.24. The molecule has 2 N–H and O–H groups in total. The maximum absolute atomic E-state index is 12.2. The van der Waals surface area contributed by atoms with Crippen LogP contribution in [0.3, 0.4) is 0 Å². The second kappa shape index (κ2) is 9.07. The Morgan fingerprint density at radius 1 is 1.21 bits per heavy atom. The van der Waals surface area contributed by atoms with Crippen molar-refractivity contribution in [3.05, 3.63) is 29.8 Å². The first-order valence-corrected chi connectivity index (χ1v) is 8.88. The van der Waals surface area contributed by atoms with Crippen molar-refractivity contribution < 1.29 is 14.6 Å².